The number of hydrogen-bond acceptors (Lipinski definition) is 2. The Hall–Kier alpha value is -2.36. The van der Waals surface area contributed by atoms with Crippen LogP contribution in [0.5, 0.6) is 0 Å². The molecular weight excluding hydrogens is 300 g/mol. The van der Waals surface area contributed by atoms with Gasteiger partial charge in [-0.15, -0.1) is 0 Å². The molecule has 1 N–H and O–H groups in total. The van der Waals surface area contributed by atoms with Gasteiger partial charge >= 0.3 is 6.03 Å². The van der Waals surface area contributed by atoms with E-state index < -0.39 is 5.54 Å². The molecular formula is C20H22N2O2. The Bertz CT molecular complexity index is 811. The van der Waals surface area contributed by atoms with Crippen molar-refractivity contribution >= 4 is 22.7 Å². The highest BCUT2D eigenvalue weighted by Crippen LogP contribution is 2.38. The van der Waals surface area contributed by atoms with Gasteiger partial charge in [-0.05, 0) is 35.1 Å². The van der Waals surface area contributed by atoms with Gasteiger partial charge in [0.25, 0.3) is 5.91 Å². The second-order valence-corrected chi connectivity index (χ2v) is 7.08. The quantitative estimate of drug-likeness (QED) is 0.854. The van der Waals surface area contributed by atoms with Crippen molar-refractivity contribution in [1.82, 2.24) is 10.2 Å². The summed E-state index contributed by atoms with van der Waals surface area (Å²) >= 11 is 0. The lowest BCUT2D eigenvalue weighted by atomic mass is 9.73. The van der Waals surface area contributed by atoms with Gasteiger partial charge in [0, 0.05) is 0 Å². The van der Waals surface area contributed by atoms with E-state index in [4.69, 9.17) is 0 Å². The molecule has 1 saturated heterocycles. The number of rotatable bonds is 2. The monoisotopic (exact) mass is 322 g/mol. The maximum absolute atomic E-state index is 13.1. The summed E-state index contributed by atoms with van der Waals surface area (Å²) in [6.07, 6.45) is 3.88. The van der Waals surface area contributed by atoms with E-state index in [9.17, 15) is 9.59 Å². The highest BCUT2D eigenvalue weighted by atomic mass is 16.2. The second-order valence-electron chi connectivity index (χ2n) is 7.08. The summed E-state index contributed by atoms with van der Waals surface area (Å²) in [6.45, 7) is 2.42. The fourth-order valence-corrected chi connectivity index (χ4v) is 4.24. The summed E-state index contributed by atoms with van der Waals surface area (Å²) in [5.74, 6) is 0.146. The normalized spacial score (nSPS) is 27.0. The van der Waals surface area contributed by atoms with E-state index in [1.54, 1.807) is 0 Å². The molecule has 2 aromatic rings. The van der Waals surface area contributed by atoms with E-state index in [-0.39, 0.29) is 17.9 Å². The second kappa shape index (κ2) is 5.62. The first-order chi connectivity index (χ1) is 11.6. The molecule has 3 amide bonds. The molecule has 1 spiro atoms. The van der Waals surface area contributed by atoms with E-state index in [2.05, 4.69) is 24.4 Å². The first-order valence-corrected chi connectivity index (χ1v) is 8.72. The summed E-state index contributed by atoms with van der Waals surface area (Å²) in [5, 5.41) is 5.25. The highest BCUT2D eigenvalue weighted by molar-refractivity contribution is 6.07. The molecule has 1 saturated carbocycles. The fourth-order valence-electron chi connectivity index (χ4n) is 4.24. The van der Waals surface area contributed by atoms with Crippen LogP contribution in [0.3, 0.4) is 0 Å². The molecule has 4 nitrogen and oxygen atoms in total. The minimum atomic E-state index is -0.681. The molecule has 2 fully saturated rings. The molecule has 4 heteroatoms. The van der Waals surface area contributed by atoms with Crippen molar-refractivity contribution in [1.29, 1.82) is 0 Å². The van der Waals surface area contributed by atoms with Crippen molar-refractivity contribution in [2.75, 3.05) is 0 Å². The van der Waals surface area contributed by atoms with E-state index >= 15 is 0 Å². The van der Waals surface area contributed by atoms with Crippen LogP contribution in [0.25, 0.3) is 10.8 Å². The lowest BCUT2D eigenvalue weighted by Crippen LogP contribution is -2.53. The number of benzene rings is 2. The zero-order valence-electron chi connectivity index (χ0n) is 13.9. The highest BCUT2D eigenvalue weighted by Gasteiger charge is 2.54. The molecule has 124 valence electrons. The topological polar surface area (TPSA) is 49.4 Å². The van der Waals surface area contributed by atoms with Crippen molar-refractivity contribution in [2.24, 2.45) is 5.92 Å². The first-order valence-electron chi connectivity index (χ1n) is 8.72. The molecule has 0 bridgehead atoms. The Kier molecular flexibility index (Phi) is 3.56. The molecule has 1 aliphatic carbocycles. The van der Waals surface area contributed by atoms with Crippen LogP contribution in [-0.2, 0) is 11.3 Å². The zero-order chi connectivity index (χ0) is 16.7. The van der Waals surface area contributed by atoms with Crippen LogP contribution in [0.2, 0.25) is 0 Å². The molecule has 2 aliphatic rings. The van der Waals surface area contributed by atoms with Gasteiger partial charge in [-0.2, -0.15) is 0 Å². The zero-order valence-corrected chi connectivity index (χ0v) is 13.9. The van der Waals surface area contributed by atoms with Crippen molar-refractivity contribution in [3.63, 3.8) is 0 Å². The molecule has 0 aromatic heterocycles. The van der Waals surface area contributed by atoms with E-state index in [0.29, 0.717) is 6.54 Å². The predicted molar refractivity (Wildman–Crippen MR) is 93.4 cm³/mol. The van der Waals surface area contributed by atoms with Gasteiger partial charge in [0.15, 0.2) is 0 Å². The number of hydrogen-bond donors (Lipinski definition) is 1. The van der Waals surface area contributed by atoms with E-state index in [1.165, 1.54) is 4.90 Å². The maximum Gasteiger partial charge on any atom is 0.325 e. The van der Waals surface area contributed by atoms with Gasteiger partial charge in [-0.3, -0.25) is 9.69 Å². The van der Waals surface area contributed by atoms with Gasteiger partial charge in [0.2, 0.25) is 0 Å². The van der Waals surface area contributed by atoms with Gasteiger partial charge in [-0.1, -0.05) is 62.2 Å². The van der Waals surface area contributed by atoms with E-state index in [1.807, 2.05) is 30.3 Å². The summed E-state index contributed by atoms with van der Waals surface area (Å²) in [4.78, 5) is 27.0. The lowest BCUT2D eigenvalue weighted by molar-refractivity contribution is -0.134. The number of nitrogens with zero attached hydrogens (tertiary/aromatic N) is 1. The number of imide groups is 1. The van der Waals surface area contributed by atoms with Crippen molar-refractivity contribution in [2.45, 2.75) is 44.7 Å². The Morgan fingerprint density at radius 1 is 1.12 bits per heavy atom. The van der Waals surface area contributed by atoms with Crippen LogP contribution in [0, 0.1) is 5.92 Å². The molecule has 2 aromatic carbocycles. The molecule has 2 atom stereocenters. The first kappa shape index (κ1) is 15.2. The minimum absolute atomic E-state index is 0.0485. The SMILES string of the molecule is CC1CCCCC12NC(=O)N(Cc1cccc3ccccc13)C2=O. The van der Waals surface area contributed by atoms with Crippen LogP contribution >= 0.6 is 0 Å². The van der Waals surface area contributed by atoms with Gasteiger partial charge < -0.3 is 5.32 Å². The molecule has 0 radical (unpaired) electrons. The van der Waals surface area contributed by atoms with Crippen LogP contribution in [-0.4, -0.2) is 22.4 Å². The standard InChI is InChI=1S/C20H22N2O2/c1-14-7-4-5-12-20(14)18(23)22(19(24)21-20)13-16-10-6-9-15-8-2-3-11-17(15)16/h2-3,6,8-11,14H,4-5,7,12-13H2,1H3,(H,21,24). The Balaban J connectivity index is 1.67. The largest absolute Gasteiger partial charge is 0.325 e. The van der Waals surface area contributed by atoms with Crippen LogP contribution in [0.1, 0.15) is 38.2 Å². The summed E-state index contributed by atoms with van der Waals surface area (Å²) < 4.78 is 0. The molecule has 1 aliphatic heterocycles. The molecule has 24 heavy (non-hydrogen) atoms. The summed E-state index contributed by atoms with van der Waals surface area (Å²) in [6, 6.07) is 13.9. The van der Waals surface area contributed by atoms with Crippen LogP contribution < -0.4 is 5.32 Å². The number of amides is 3. The van der Waals surface area contributed by atoms with Crippen molar-refractivity contribution in [3.05, 3.63) is 48.0 Å². The third-order valence-electron chi connectivity index (χ3n) is 5.71. The number of carbonyl (C=O) groups is 2. The predicted octanol–water partition coefficient (Wildman–Crippen LogP) is 3.84. The average Bonchev–Trinajstić information content (AvgIpc) is 2.83. The summed E-state index contributed by atoms with van der Waals surface area (Å²) in [5.41, 5.74) is 0.331. The molecule has 4 rings (SSSR count). The summed E-state index contributed by atoms with van der Waals surface area (Å²) in [7, 11) is 0. The van der Waals surface area contributed by atoms with Crippen molar-refractivity contribution < 1.29 is 9.59 Å². The third-order valence-corrected chi connectivity index (χ3v) is 5.71. The number of fused-ring (bicyclic) bond motifs is 1. The van der Waals surface area contributed by atoms with Gasteiger partial charge in [0.05, 0.1) is 6.54 Å². The lowest BCUT2D eigenvalue weighted by Gasteiger charge is -2.36. The van der Waals surface area contributed by atoms with Crippen LogP contribution in [0.4, 0.5) is 4.79 Å². The average molecular weight is 322 g/mol. The minimum Gasteiger partial charge on any atom is -0.323 e. The van der Waals surface area contributed by atoms with E-state index in [0.717, 1.165) is 42.0 Å². The molecule has 1 heterocycles. The number of nitrogens with one attached hydrogen (secondary N) is 1. The number of carbonyl (C=O) groups excluding carboxylic acids is 2. The smallest absolute Gasteiger partial charge is 0.323 e. The fraction of sp³-hybridized carbons (Fsp3) is 0.400. The van der Waals surface area contributed by atoms with Gasteiger partial charge in [-0.25, -0.2) is 4.79 Å². The van der Waals surface area contributed by atoms with Crippen LogP contribution in [0.15, 0.2) is 42.5 Å². The Morgan fingerprint density at radius 2 is 1.92 bits per heavy atom. The Morgan fingerprint density at radius 3 is 2.75 bits per heavy atom. The third kappa shape index (κ3) is 2.20. The number of urea groups is 1. The Labute approximate surface area is 141 Å². The maximum atomic E-state index is 13.1. The molecule has 2 unspecified atom stereocenters. The van der Waals surface area contributed by atoms with Gasteiger partial charge in [0.1, 0.15) is 5.54 Å². The van der Waals surface area contributed by atoms with Crippen molar-refractivity contribution in [3.8, 4) is 0 Å².